The van der Waals surface area contributed by atoms with E-state index in [1.165, 1.54) is 12.1 Å². The van der Waals surface area contributed by atoms with E-state index in [0.29, 0.717) is 23.4 Å². The van der Waals surface area contributed by atoms with Gasteiger partial charge in [0.2, 0.25) is 10.0 Å². The van der Waals surface area contributed by atoms with E-state index in [-0.39, 0.29) is 10.8 Å². The van der Waals surface area contributed by atoms with Crippen LogP contribution in [0.3, 0.4) is 0 Å². The lowest BCUT2D eigenvalue weighted by atomic mass is 10.0. The number of primary sulfonamides is 1. The van der Waals surface area contributed by atoms with Gasteiger partial charge >= 0.3 is 0 Å². The van der Waals surface area contributed by atoms with Crippen LogP contribution in [0.15, 0.2) is 90.0 Å². The van der Waals surface area contributed by atoms with Crippen molar-refractivity contribution in [3.05, 3.63) is 102 Å². The summed E-state index contributed by atoms with van der Waals surface area (Å²) < 4.78 is 25.5. The Morgan fingerprint density at radius 1 is 0.970 bits per heavy atom. The summed E-state index contributed by atoms with van der Waals surface area (Å²) in [6.45, 7) is 0.572. The summed E-state index contributed by atoms with van der Waals surface area (Å²) in [5.74, 6) is -0.314. The summed E-state index contributed by atoms with van der Waals surface area (Å²) in [7, 11) is -3.90. The first kappa shape index (κ1) is 20.9. The van der Waals surface area contributed by atoms with Crippen molar-refractivity contribution in [3.8, 4) is 11.3 Å². The lowest BCUT2D eigenvalue weighted by molar-refractivity contribution is -0.110. The van der Waals surface area contributed by atoms with Crippen LogP contribution in [0.4, 0.5) is 5.69 Å². The van der Waals surface area contributed by atoms with Crippen molar-refractivity contribution in [2.75, 3.05) is 5.32 Å². The lowest BCUT2D eigenvalue weighted by Gasteiger charge is -2.03. The Bertz CT molecular complexity index is 1490. The second-order valence-corrected chi connectivity index (χ2v) is 9.31. The zero-order chi connectivity index (χ0) is 23.0. The van der Waals surface area contributed by atoms with E-state index < -0.39 is 10.0 Å². The molecule has 0 aliphatic carbocycles. The zero-order valence-corrected chi connectivity index (χ0v) is 18.3. The first-order chi connectivity index (χ1) is 15.9. The average molecular weight is 457 g/mol. The van der Waals surface area contributed by atoms with Crippen molar-refractivity contribution in [1.29, 1.82) is 0 Å². The normalized spacial score (nSPS) is 14.3. The Kier molecular flexibility index (Phi) is 5.16. The van der Waals surface area contributed by atoms with Gasteiger partial charge in [-0.2, -0.15) is 5.10 Å². The van der Waals surface area contributed by atoms with Crippen molar-refractivity contribution < 1.29 is 13.2 Å². The van der Waals surface area contributed by atoms with Gasteiger partial charge in [0.05, 0.1) is 17.1 Å². The summed E-state index contributed by atoms with van der Waals surface area (Å²) in [6, 6.07) is 24.0. The lowest BCUT2D eigenvalue weighted by Crippen LogP contribution is -2.12. The van der Waals surface area contributed by atoms with Crippen molar-refractivity contribution in [3.63, 3.8) is 0 Å². The SMILES string of the molecule is NS(=O)(=O)c1ccc2c(c1)/C(=C/c1cn(Cc3ccccc3)nc1-c1ccccc1)C(=O)N2. The molecule has 3 N–H and O–H groups in total. The maximum atomic E-state index is 12.8. The highest BCUT2D eigenvalue weighted by Gasteiger charge is 2.26. The van der Waals surface area contributed by atoms with E-state index in [0.717, 1.165) is 22.4 Å². The molecule has 0 saturated carbocycles. The molecule has 0 saturated heterocycles. The Balaban J connectivity index is 1.63. The van der Waals surface area contributed by atoms with Gasteiger partial charge in [-0.15, -0.1) is 0 Å². The highest BCUT2D eigenvalue weighted by Crippen LogP contribution is 2.36. The molecule has 5 rings (SSSR count). The van der Waals surface area contributed by atoms with Crippen LogP contribution in [-0.4, -0.2) is 24.1 Å². The fraction of sp³-hybridized carbons (Fsp3) is 0.0400. The van der Waals surface area contributed by atoms with Crippen LogP contribution in [0.1, 0.15) is 16.7 Å². The van der Waals surface area contributed by atoms with E-state index in [2.05, 4.69) is 5.32 Å². The molecule has 33 heavy (non-hydrogen) atoms. The Morgan fingerprint density at radius 2 is 1.67 bits per heavy atom. The number of hydrogen-bond acceptors (Lipinski definition) is 4. The van der Waals surface area contributed by atoms with E-state index in [4.69, 9.17) is 10.2 Å². The van der Waals surface area contributed by atoms with Gasteiger partial charge in [-0.1, -0.05) is 60.7 Å². The molecule has 7 nitrogen and oxygen atoms in total. The smallest absolute Gasteiger partial charge is 0.256 e. The summed E-state index contributed by atoms with van der Waals surface area (Å²) in [4.78, 5) is 12.7. The molecule has 2 heterocycles. The Labute approximate surface area is 191 Å². The molecule has 0 unspecified atom stereocenters. The maximum absolute atomic E-state index is 12.8. The number of fused-ring (bicyclic) bond motifs is 1. The van der Waals surface area contributed by atoms with Gasteiger partial charge in [-0.3, -0.25) is 9.48 Å². The number of anilines is 1. The predicted molar refractivity (Wildman–Crippen MR) is 128 cm³/mol. The molecule has 0 atom stereocenters. The molecule has 0 radical (unpaired) electrons. The van der Waals surface area contributed by atoms with Crippen LogP contribution in [0.25, 0.3) is 22.9 Å². The molecule has 1 aromatic heterocycles. The van der Waals surface area contributed by atoms with Crippen molar-refractivity contribution in [2.24, 2.45) is 5.14 Å². The summed E-state index contributed by atoms with van der Waals surface area (Å²) in [6.07, 6.45) is 3.63. The maximum Gasteiger partial charge on any atom is 0.256 e. The van der Waals surface area contributed by atoms with Crippen LogP contribution in [0.5, 0.6) is 0 Å². The fourth-order valence-corrected chi connectivity index (χ4v) is 4.40. The van der Waals surface area contributed by atoms with E-state index >= 15 is 0 Å². The largest absolute Gasteiger partial charge is 0.321 e. The monoisotopic (exact) mass is 456 g/mol. The molecule has 4 aromatic rings. The number of benzene rings is 3. The number of carbonyl (C=O) groups is 1. The molecule has 3 aromatic carbocycles. The third kappa shape index (κ3) is 4.21. The summed E-state index contributed by atoms with van der Waals surface area (Å²) >= 11 is 0. The third-order valence-corrected chi connectivity index (χ3v) is 6.34. The predicted octanol–water partition coefficient (Wildman–Crippen LogP) is 3.74. The van der Waals surface area contributed by atoms with Gasteiger partial charge in [0, 0.05) is 34.1 Å². The number of nitrogens with zero attached hydrogens (tertiary/aromatic N) is 2. The minimum atomic E-state index is -3.90. The highest BCUT2D eigenvalue weighted by atomic mass is 32.2. The fourth-order valence-electron chi connectivity index (χ4n) is 3.86. The number of nitrogens with one attached hydrogen (secondary N) is 1. The van der Waals surface area contributed by atoms with Crippen LogP contribution >= 0.6 is 0 Å². The molecule has 164 valence electrons. The van der Waals surface area contributed by atoms with Gasteiger partial charge in [0.1, 0.15) is 0 Å². The van der Waals surface area contributed by atoms with Crippen molar-refractivity contribution in [1.82, 2.24) is 9.78 Å². The van der Waals surface area contributed by atoms with E-state index in [9.17, 15) is 13.2 Å². The van der Waals surface area contributed by atoms with Crippen molar-refractivity contribution in [2.45, 2.75) is 11.4 Å². The number of nitrogens with two attached hydrogens (primary N) is 1. The van der Waals surface area contributed by atoms with E-state index in [1.807, 2.05) is 71.5 Å². The summed E-state index contributed by atoms with van der Waals surface area (Å²) in [5.41, 5.74) is 4.86. The van der Waals surface area contributed by atoms with Gasteiger partial charge in [-0.05, 0) is 29.8 Å². The topological polar surface area (TPSA) is 107 Å². The van der Waals surface area contributed by atoms with Gasteiger partial charge in [0.15, 0.2) is 0 Å². The molecular formula is C25H20N4O3S. The number of sulfonamides is 1. The molecule has 0 fully saturated rings. The Morgan fingerprint density at radius 3 is 2.36 bits per heavy atom. The number of carbonyl (C=O) groups excluding carboxylic acids is 1. The number of aromatic nitrogens is 2. The van der Waals surface area contributed by atoms with Crippen LogP contribution in [0.2, 0.25) is 0 Å². The summed E-state index contributed by atoms with van der Waals surface area (Å²) in [5, 5.41) is 12.9. The minimum absolute atomic E-state index is 0.0493. The average Bonchev–Trinajstić information content (AvgIpc) is 3.34. The second-order valence-electron chi connectivity index (χ2n) is 7.75. The molecular weight excluding hydrogens is 436 g/mol. The minimum Gasteiger partial charge on any atom is -0.321 e. The van der Waals surface area contributed by atoms with Crippen LogP contribution in [-0.2, 0) is 21.4 Å². The number of rotatable bonds is 5. The van der Waals surface area contributed by atoms with E-state index in [1.54, 1.807) is 12.1 Å². The highest BCUT2D eigenvalue weighted by molar-refractivity contribution is 7.89. The van der Waals surface area contributed by atoms with Gasteiger partial charge < -0.3 is 5.32 Å². The molecule has 0 spiro atoms. The van der Waals surface area contributed by atoms with Gasteiger partial charge in [-0.25, -0.2) is 13.6 Å². The number of hydrogen-bond donors (Lipinski definition) is 2. The number of amides is 1. The quantitative estimate of drug-likeness (QED) is 0.446. The van der Waals surface area contributed by atoms with Crippen LogP contribution < -0.4 is 10.5 Å². The van der Waals surface area contributed by atoms with Gasteiger partial charge in [0.25, 0.3) is 5.91 Å². The third-order valence-electron chi connectivity index (χ3n) is 5.43. The molecule has 1 aliphatic heterocycles. The standard InChI is InChI=1S/C25H20N4O3S/c26-33(31,32)20-11-12-23-21(14-20)22(25(30)27-23)13-19-16-29(15-17-7-3-1-4-8-17)28-24(19)18-9-5-2-6-10-18/h1-14,16H,15H2,(H,27,30)(H2,26,31,32)/b22-13-. The molecule has 0 bridgehead atoms. The first-order valence-electron chi connectivity index (χ1n) is 10.3. The Hall–Kier alpha value is -4.01. The van der Waals surface area contributed by atoms with Crippen molar-refractivity contribution >= 4 is 33.3 Å². The molecule has 1 aliphatic rings. The molecule has 1 amide bonds. The zero-order valence-electron chi connectivity index (χ0n) is 17.5. The first-order valence-corrected chi connectivity index (χ1v) is 11.8. The van der Waals surface area contributed by atoms with Crippen LogP contribution in [0, 0.1) is 0 Å². The molecule has 8 heteroatoms. The second kappa shape index (κ2) is 8.16.